The van der Waals surface area contributed by atoms with E-state index in [2.05, 4.69) is 10.2 Å². The van der Waals surface area contributed by atoms with Gasteiger partial charge in [-0.1, -0.05) is 12.8 Å². The second-order valence-electron chi connectivity index (χ2n) is 6.20. The third-order valence-electron chi connectivity index (χ3n) is 4.67. The largest absolute Gasteiger partial charge is 0.390 e. The Balaban J connectivity index is 1.56. The first-order valence-corrected chi connectivity index (χ1v) is 7.73. The van der Waals surface area contributed by atoms with Gasteiger partial charge in [0.05, 0.1) is 25.9 Å². The van der Waals surface area contributed by atoms with Gasteiger partial charge in [0.15, 0.2) is 0 Å². The molecule has 2 saturated heterocycles. The number of imide groups is 1. The lowest BCUT2D eigenvalue weighted by Crippen LogP contribution is -2.47. The van der Waals surface area contributed by atoms with Crippen molar-refractivity contribution in [3.63, 3.8) is 0 Å². The number of amides is 3. The van der Waals surface area contributed by atoms with Crippen LogP contribution in [0, 0.1) is 0 Å². The molecule has 3 fully saturated rings. The van der Waals surface area contributed by atoms with Gasteiger partial charge in [0.25, 0.3) is 5.91 Å². The fourth-order valence-electron chi connectivity index (χ4n) is 3.51. The number of carbonyl (C=O) groups excluding carboxylic acids is 2. The highest BCUT2D eigenvalue weighted by molar-refractivity contribution is 6.07. The van der Waals surface area contributed by atoms with E-state index in [-0.39, 0.29) is 18.5 Å². The Kier molecular flexibility index (Phi) is 4.14. The molecule has 0 bridgehead atoms. The summed E-state index contributed by atoms with van der Waals surface area (Å²) in [6.07, 6.45) is 2.66. The molecule has 0 radical (unpaired) electrons. The minimum absolute atomic E-state index is 0.0732. The van der Waals surface area contributed by atoms with Crippen LogP contribution in [-0.2, 0) is 9.53 Å². The summed E-state index contributed by atoms with van der Waals surface area (Å²) in [5.41, 5.74) is -0.685. The van der Waals surface area contributed by atoms with E-state index in [1.54, 1.807) is 0 Å². The molecule has 7 heteroatoms. The van der Waals surface area contributed by atoms with Crippen molar-refractivity contribution in [2.24, 2.45) is 0 Å². The van der Waals surface area contributed by atoms with E-state index >= 15 is 0 Å². The molecule has 2 N–H and O–H groups in total. The van der Waals surface area contributed by atoms with Crippen LogP contribution >= 0.6 is 0 Å². The number of carbonyl (C=O) groups is 2. The highest BCUT2D eigenvalue weighted by Gasteiger charge is 2.52. The number of urea groups is 1. The van der Waals surface area contributed by atoms with Gasteiger partial charge < -0.3 is 15.2 Å². The molecular formula is C14H23N3O4. The quantitative estimate of drug-likeness (QED) is 0.687. The Labute approximate surface area is 124 Å². The maximum atomic E-state index is 12.5. The van der Waals surface area contributed by atoms with Gasteiger partial charge in [-0.05, 0) is 12.8 Å². The lowest BCUT2D eigenvalue weighted by Gasteiger charge is -2.29. The van der Waals surface area contributed by atoms with Crippen molar-refractivity contribution in [1.29, 1.82) is 0 Å². The number of aliphatic hydroxyl groups is 1. The fourth-order valence-corrected chi connectivity index (χ4v) is 3.51. The highest BCUT2D eigenvalue weighted by atomic mass is 16.5. The number of hydrogen-bond donors (Lipinski definition) is 2. The van der Waals surface area contributed by atoms with Crippen LogP contribution in [-0.4, -0.2) is 77.9 Å². The maximum Gasteiger partial charge on any atom is 0.325 e. The molecule has 3 rings (SSSR count). The van der Waals surface area contributed by atoms with Crippen molar-refractivity contribution in [3.8, 4) is 0 Å². The number of aliphatic hydroxyl groups excluding tert-OH is 1. The smallest absolute Gasteiger partial charge is 0.325 e. The van der Waals surface area contributed by atoms with E-state index in [4.69, 9.17) is 4.74 Å². The molecule has 0 aromatic rings. The van der Waals surface area contributed by atoms with Crippen molar-refractivity contribution in [2.45, 2.75) is 37.3 Å². The Morgan fingerprint density at radius 3 is 2.52 bits per heavy atom. The third kappa shape index (κ3) is 2.90. The van der Waals surface area contributed by atoms with Crippen molar-refractivity contribution in [3.05, 3.63) is 0 Å². The summed E-state index contributed by atoms with van der Waals surface area (Å²) >= 11 is 0. The van der Waals surface area contributed by atoms with Crippen LogP contribution in [0.1, 0.15) is 25.7 Å². The topological polar surface area (TPSA) is 82.1 Å². The molecular weight excluding hydrogens is 274 g/mol. The number of ether oxygens (including phenoxy) is 1. The summed E-state index contributed by atoms with van der Waals surface area (Å²) in [7, 11) is 0. The second kappa shape index (κ2) is 5.90. The van der Waals surface area contributed by atoms with Crippen LogP contribution in [0.25, 0.3) is 0 Å². The highest BCUT2D eigenvalue weighted by Crippen LogP contribution is 2.35. The molecule has 3 amide bonds. The molecule has 1 saturated carbocycles. The minimum atomic E-state index is -0.714. The number of β-amino-alcohol motifs (C(OH)–C–C–N with tert-alkyl or cyclic N) is 1. The van der Waals surface area contributed by atoms with Crippen LogP contribution in [0.3, 0.4) is 0 Å². The van der Waals surface area contributed by atoms with Gasteiger partial charge in [0.2, 0.25) is 0 Å². The molecule has 0 unspecified atom stereocenters. The fraction of sp³-hybridized carbons (Fsp3) is 0.857. The summed E-state index contributed by atoms with van der Waals surface area (Å²) in [5.74, 6) is -0.161. The Bertz CT molecular complexity index is 416. The molecule has 1 spiro atoms. The molecule has 2 heterocycles. The Morgan fingerprint density at radius 1 is 1.19 bits per heavy atom. The summed E-state index contributed by atoms with van der Waals surface area (Å²) in [4.78, 5) is 27.8. The lowest BCUT2D eigenvalue weighted by molar-refractivity contribution is -0.132. The average molecular weight is 297 g/mol. The molecule has 21 heavy (non-hydrogen) atoms. The summed E-state index contributed by atoms with van der Waals surface area (Å²) in [6.45, 7) is 3.43. The van der Waals surface area contributed by atoms with E-state index in [1.165, 1.54) is 4.90 Å². The summed E-state index contributed by atoms with van der Waals surface area (Å²) < 4.78 is 5.26. The van der Waals surface area contributed by atoms with E-state index in [0.29, 0.717) is 32.6 Å². The third-order valence-corrected chi connectivity index (χ3v) is 4.67. The zero-order valence-corrected chi connectivity index (χ0v) is 12.2. The molecule has 3 aliphatic rings. The standard InChI is InChI=1S/C14H23N3O4/c18-11(9-16-5-7-21-8-6-16)10-17-12(19)14(15-13(17)20)3-1-2-4-14/h11,18H,1-10H2,(H,15,20)/t11-/m0/s1. The Morgan fingerprint density at radius 2 is 1.86 bits per heavy atom. The van der Waals surface area contributed by atoms with Gasteiger partial charge in [-0.3, -0.25) is 14.6 Å². The van der Waals surface area contributed by atoms with Crippen LogP contribution in [0.4, 0.5) is 4.79 Å². The van der Waals surface area contributed by atoms with Crippen molar-refractivity contribution >= 4 is 11.9 Å². The van der Waals surface area contributed by atoms with Gasteiger partial charge in [-0.25, -0.2) is 4.79 Å². The van der Waals surface area contributed by atoms with E-state index in [9.17, 15) is 14.7 Å². The van der Waals surface area contributed by atoms with Crippen LogP contribution in [0.2, 0.25) is 0 Å². The lowest BCUT2D eigenvalue weighted by atomic mass is 9.98. The number of hydrogen-bond acceptors (Lipinski definition) is 5. The number of nitrogens with zero attached hydrogens (tertiary/aromatic N) is 2. The zero-order valence-electron chi connectivity index (χ0n) is 12.2. The van der Waals surface area contributed by atoms with E-state index < -0.39 is 11.6 Å². The molecule has 2 aliphatic heterocycles. The van der Waals surface area contributed by atoms with Crippen molar-refractivity contribution < 1.29 is 19.4 Å². The zero-order chi connectivity index (χ0) is 14.9. The normalized spacial score (nSPS) is 27.4. The first kappa shape index (κ1) is 14.7. The van der Waals surface area contributed by atoms with Crippen molar-refractivity contribution in [1.82, 2.24) is 15.1 Å². The van der Waals surface area contributed by atoms with Gasteiger partial charge >= 0.3 is 6.03 Å². The predicted octanol–water partition coefficient (Wildman–Crippen LogP) is -0.456. The van der Waals surface area contributed by atoms with E-state index in [1.807, 2.05) is 0 Å². The molecule has 118 valence electrons. The van der Waals surface area contributed by atoms with Crippen LogP contribution in [0.5, 0.6) is 0 Å². The van der Waals surface area contributed by atoms with Gasteiger partial charge in [0.1, 0.15) is 5.54 Å². The maximum absolute atomic E-state index is 12.5. The van der Waals surface area contributed by atoms with Crippen LogP contribution in [0.15, 0.2) is 0 Å². The number of rotatable bonds is 4. The van der Waals surface area contributed by atoms with Crippen LogP contribution < -0.4 is 5.32 Å². The Hall–Kier alpha value is -1.18. The SMILES string of the molecule is O=C1NC2(CCCC2)C(=O)N1C[C@@H](O)CN1CCOCC1. The van der Waals surface area contributed by atoms with Gasteiger partial charge in [0, 0.05) is 19.6 Å². The summed E-state index contributed by atoms with van der Waals surface area (Å²) in [5, 5.41) is 13.0. The predicted molar refractivity (Wildman–Crippen MR) is 74.7 cm³/mol. The first-order chi connectivity index (χ1) is 10.1. The number of nitrogens with one attached hydrogen (secondary N) is 1. The first-order valence-electron chi connectivity index (χ1n) is 7.73. The molecule has 7 nitrogen and oxygen atoms in total. The average Bonchev–Trinajstić information content (AvgIpc) is 3.02. The molecule has 1 aliphatic carbocycles. The van der Waals surface area contributed by atoms with Gasteiger partial charge in [-0.15, -0.1) is 0 Å². The molecule has 0 aromatic heterocycles. The molecule has 0 aromatic carbocycles. The minimum Gasteiger partial charge on any atom is -0.390 e. The molecule has 1 atom stereocenters. The second-order valence-corrected chi connectivity index (χ2v) is 6.20. The van der Waals surface area contributed by atoms with Crippen molar-refractivity contribution in [2.75, 3.05) is 39.4 Å². The van der Waals surface area contributed by atoms with Gasteiger partial charge in [-0.2, -0.15) is 0 Å². The van der Waals surface area contributed by atoms with E-state index in [0.717, 1.165) is 25.9 Å². The summed E-state index contributed by atoms with van der Waals surface area (Å²) in [6, 6.07) is -0.358. The number of morpholine rings is 1. The monoisotopic (exact) mass is 297 g/mol.